The fourth-order valence-corrected chi connectivity index (χ4v) is 1.50. The molecule has 1 fully saturated rings. The van der Waals surface area contributed by atoms with Crippen molar-refractivity contribution in [2.75, 3.05) is 7.11 Å². The van der Waals surface area contributed by atoms with E-state index < -0.39 is 6.29 Å². The lowest BCUT2D eigenvalue weighted by atomic mass is 10.1. The van der Waals surface area contributed by atoms with E-state index in [4.69, 9.17) is 10.5 Å². The minimum atomic E-state index is -0.603. The van der Waals surface area contributed by atoms with Crippen LogP contribution in [-0.2, 0) is 4.74 Å². The van der Waals surface area contributed by atoms with Gasteiger partial charge < -0.3 is 15.6 Å². The van der Waals surface area contributed by atoms with Gasteiger partial charge in [-0.1, -0.05) is 0 Å². The maximum absolute atomic E-state index is 9.20. The number of nitrogens with two attached hydrogens (primary N) is 1. The van der Waals surface area contributed by atoms with Crippen LogP contribution < -0.4 is 5.73 Å². The summed E-state index contributed by atoms with van der Waals surface area (Å²) < 4.78 is 4.78. The van der Waals surface area contributed by atoms with Gasteiger partial charge in [0, 0.05) is 19.1 Å². The second kappa shape index (κ2) is 3.32. The highest BCUT2D eigenvalue weighted by Gasteiger charge is 2.27. The molecule has 3 atom stereocenters. The van der Waals surface area contributed by atoms with Gasteiger partial charge in [-0.05, 0) is 19.3 Å². The number of hydrogen-bond donors (Lipinski definition) is 2. The summed E-state index contributed by atoms with van der Waals surface area (Å²) in [5.41, 5.74) is 5.65. The van der Waals surface area contributed by atoms with Crippen LogP contribution in [-0.4, -0.2) is 24.5 Å². The predicted octanol–water partition coefficient (Wildman–Crippen LogP) is 0.0786. The summed E-state index contributed by atoms with van der Waals surface area (Å²) in [4.78, 5) is 0. The molecule has 0 saturated heterocycles. The monoisotopic (exact) mass is 145 g/mol. The molecule has 1 rings (SSSR count). The van der Waals surface area contributed by atoms with E-state index in [1.807, 2.05) is 0 Å². The van der Waals surface area contributed by atoms with Crippen molar-refractivity contribution in [3.05, 3.63) is 0 Å². The highest BCUT2D eigenvalue weighted by Crippen LogP contribution is 2.26. The van der Waals surface area contributed by atoms with E-state index in [9.17, 15) is 5.11 Å². The molecule has 0 spiro atoms. The quantitative estimate of drug-likeness (QED) is 0.541. The SMILES string of the molecule is COC(O)C1CCC(N)C1. The first-order valence-electron chi connectivity index (χ1n) is 3.70. The van der Waals surface area contributed by atoms with Gasteiger partial charge in [0.25, 0.3) is 0 Å². The van der Waals surface area contributed by atoms with Crippen molar-refractivity contribution in [1.29, 1.82) is 0 Å². The van der Waals surface area contributed by atoms with E-state index in [2.05, 4.69) is 0 Å². The fourth-order valence-electron chi connectivity index (χ4n) is 1.50. The Morgan fingerprint density at radius 1 is 1.60 bits per heavy atom. The highest BCUT2D eigenvalue weighted by molar-refractivity contribution is 4.78. The van der Waals surface area contributed by atoms with Gasteiger partial charge in [-0.2, -0.15) is 0 Å². The molecular weight excluding hydrogens is 130 g/mol. The van der Waals surface area contributed by atoms with Crippen LogP contribution in [0.25, 0.3) is 0 Å². The number of aliphatic hydroxyl groups excluding tert-OH is 1. The van der Waals surface area contributed by atoms with Crippen molar-refractivity contribution in [3.8, 4) is 0 Å². The summed E-state index contributed by atoms with van der Waals surface area (Å²) in [5, 5.41) is 9.20. The molecule has 0 amide bonds. The molecule has 0 aromatic carbocycles. The Labute approximate surface area is 61.2 Å². The molecule has 3 unspecified atom stereocenters. The summed E-state index contributed by atoms with van der Waals surface area (Å²) >= 11 is 0. The first-order valence-corrected chi connectivity index (χ1v) is 3.70. The highest BCUT2D eigenvalue weighted by atomic mass is 16.6. The molecule has 3 heteroatoms. The van der Waals surface area contributed by atoms with Crippen molar-refractivity contribution in [2.24, 2.45) is 11.7 Å². The summed E-state index contributed by atoms with van der Waals surface area (Å²) in [6, 6.07) is 0.273. The molecule has 0 aromatic rings. The number of ether oxygens (including phenoxy) is 1. The van der Waals surface area contributed by atoms with Crippen LogP contribution in [0.1, 0.15) is 19.3 Å². The molecule has 3 nitrogen and oxygen atoms in total. The molecule has 1 aliphatic rings. The second-order valence-corrected chi connectivity index (χ2v) is 2.96. The van der Waals surface area contributed by atoms with Crippen LogP contribution in [0.2, 0.25) is 0 Å². The maximum atomic E-state index is 9.20. The lowest BCUT2D eigenvalue weighted by Crippen LogP contribution is -2.22. The zero-order chi connectivity index (χ0) is 7.56. The van der Waals surface area contributed by atoms with Gasteiger partial charge in [0.05, 0.1) is 0 Å². The number of rotatable bonds is 2. The van der Waals surface area contributed by atoms with Gasteiger partial charge in [0.15, 0.2) is 6.29 Å². The Hall–Kier alpha value is -0.120. The topological polar surface area (TPSA) is 55.5 Å². The molecule has 1 saturated carbocycles. The first-order chi connectivity index (χ1) is 4.74. The molecule has 0 bridgehead atoms. The molecule has 0 heterocycles. The smallest absolute Gasteiger partial charge is 0.157 e. The lowest BCUT2D eigenvalue weighted by Gasteiger charge is -2.15. The van der Waals surface area contributed by atoms with Crippen molar-refractivity contribution in [1.82, 2.24) is 0 Å². The van der Waals surface area contributed by atoms with Gasteiger partial charge in [0.1, 0.15) is 0 Å². The van der Waals surface area contributed by atoms with Crippen LogP contribution in [0, 0.1) is 5.92 Å². The second-order valence-electron chi connectivity index (χ2n) is 2.96. The fraction of sp³-hybridized carbons (Fsp3) is 1.00. The number of aliphatic hydroxyl groups is 1. The van der Waals surface area contributed by atoms with Crippen LogP contribution in [0.4, 0.5) is 0 Å². The van der Waals surface area contributed by atoms with Gasteiger partial charge in [-0.3, -0.25) is 0 Å². The third kappa shape index (κ3) is 1.68. The van der Waals surface area contributed by atoms with Crippen molar-refractivity contribution < 1.29 is 9.84 Å². The van der Waals surface area contributed by atoms with Crippen LogP contribution >= 0.6 is 0 Å². The number of hydrogen-bond acceptors (Lipinski definition) is 3. The molecule has 60 valence electrons. The Bertz CT molecular complexity index is 108. The largest absolute Gasteiger partial charge is 0.368 e. The van der Waals surface area contributed by atoms with Gasteiger partial charge in [-0.15, -0.1) is 0 Å². The normalized spacial score (nSPS) is 36.3. The van der Waals surface area contributed by atoms with Gasteiger partial charge in [0.2, 0.25) is 0 Å². The number of methoxy groups -OCH3 is 1. The lowest BCUT2D eigenvalue weighted by molar-refractivity contribution is -0.110. The summed E-state index contributed by atoms with van der Waals surface area (Å²) in [7, 11) is 1.52. The molecule has 0 aromatic heterocycles. The Morgan fingerprint density at radius 3 is 2.70 bits per heavy atom. The molecule has 10 heavy (non-hydrogen) atoms. The van der Waals surface area contributed by atoms with Crippen molar-refractivity contribution in [2.45, 2.75) is 31.6 Å². The van der Waals surface area contributed by atoms with Crippen molar-refractivity contribution in [3.63, 3.8) is 0 Å². The zero-order valence-corrected chi connectivity index (χ0v) is 6.29. The van der Waals surface area contributed by atoms with Crippen LogP contribution in [0.15, 0.2) is 0 Å². The molecular formula is C7H15NO2. The summed E-state index contributed by atoms with van der Waals surface area (Å²) in [6.45, 7) is 0. The first kappa shape index (κ1) is 7.98. The third-order valence-corrected chi connectivity index (χ3v) is 2.16. The molecule has 0 aliphatic heterocycles. The summed E-state index contributed by atoms with van der Waals surface area (Å²) in [6.07, 6.45) is 2.31. The molecule has 3 N–H and O–H groups in total. The van der Waals surface area contributed by atoms with E-state index in [1.165, 1.54) is 7.11 Å². The molecule has 1 aliphatic carbocycles. The average molecular weight is 145 g/mol. The van der Waals surface area contributed by atoms with Crippen molar-refractivity contribution >= 4 is 0 Å². The minimum Gasteiger partial charge on any atom is -0.368 e. The standard InChI is InChI=1S/C7H15NO2/c1-10-7(9)5-2-3-6(8)4-5/h5-7,9H,2-4,8H2,1H3. The average Bonchev–Trinajstić information content (AvgIpc) is 2.34. The zero-order valence-electron chi connectivity index (χ0n) is 6.29. The van der Waals surface area contributed by atoms with Gasteiger partial charge in [-0.25, -0.2) is 0 Å². The minimum absolute atomic E-state index is 0.264. The van der Waals surface area contributed by atoms with E-state index >= 15 is 0 Å². The van der Waals surface area contributed by atoms with E-state index in [0.29, 0.717) is 0 Å². The maximum Gasteiger partial charge on any atom is 0.157 e. The van der Waals surface area contributed by atoms with Gasteiger partial charge >= 0.3 is 0 Å². The van der Waals surface area contributed by atoms with Crippen LogP contribution in [0.3, 0.4) is 0 Å². The van der Waals surface area contributed by atoms with E-state index in [1.54, 1.807) is 0 Å². The Morgan fingerprint density at radius 2 is 2.30 bits per heavy atom. The Balaban J connectivity index is 2.29. The Kier molecular flexibility index (Phi) is 2.65. The third-order valence-electron chi connectivity index (χ3n) is 2.16. The van der Waals surface area contributed by atoms with E-state index in [-0.39, 0.29) is 12.0 Å². The van der Waals surface area contributed by atoms with E-state index in [0.717, 1.165) is 19.3 Å². The molecule has 0 radical (unpaired) electrons. The predicted molar refractivity (Wildman–Crippen MR) is 38.3 cm³/mol. The van der Waals surface area contributed by atoms with Crippen LogP contribution in [0.5, 0.6) is 0 Å². The summed E-state index contributed by atoms with van der Waals surface area (Å²) in [5.74, 6) is 0.264.